The van der Waals surface area contributed by atoms with Gasteiger partial charge in [-0.15, -0.1) is 12.4 Å². The summed E-state index contributed by atoms with van der Waals surface area (Å²) in [6.45, 7) is 5.03. The molecule has 0 aromatic heterocycles. The number of aryl methyl sites for hydroxylation is 2. The maximum Gasteiger partial charge on any atom is 0.225 e. The van der Waals surface area contributed by atoms with Crippen molar-refractivity contribution in [3.8, 4) is 0 Å². The molecule has 0 saturated heterocycles. The van der Waals surface area contributed by atoms with Gasteiger partial charge in [0, 0.05) is 25.6 Å². The minimum atomic E-state index is 0. The molecule has 2 rings (SSSR count). The molecule has 0 spiro atoms. The third-order valence-electron chi connectivity index (χ3n) is 5.02. The molecule has 0 saturated carbocycles. The molecule has 1 aromatic carbocycles. The zero-order valence-corrected chi connectivity index (χ0v) is 15.4. The Hall–Kier alpha value is -1.06. The standard InChI is InChI=1S/C19H30N2O.ClH/c1-14(2)18(20)12-13-21(3)19(22)17-10-8-15-6-4-5-7-16(15)9-11-17;/h4-7,14,17-18H,8-13,20H2,1-3H3;1H/t18-;/m0./s1. The van der Waals surface area contributed by atoms with Crippen LogP contribution in [-0.2, 0) is 17.6 Å². The Morgan fingerprint density at radius 3 is 2.22 bits per heavy atom. The molecule has 1 aliphatic carbocycles. The highest BCUT2D eigenvalue weighted by molar-refractivity contribution is 5.85. The van der Waals surface area contributed by atoms with Crippen LogP contribution in [-0.4, -0.2) is 30.4 Å². The molecular weight excluding hydrogens is 308 g/mol. The summed E-state index contributed by atoms with van der Waals surface area (Å²) in [6.07, 6.45) is 4.86. The van der Waals surface area contributed by atoms with Crippen LogP contribution in [0, 0.1) is 11.8 Å². The van der Waals surface area contributed by atoms with E-state index in [2.05, 4.69) is 38.1 Å². The van der Waals surface area contributed by atoms with Crippen LogP contribution in [0.1, 0.15) is 44.2 Å². The zero-order valence-electron chi connectivity index (χ0n) is 14.6. The molecule has 3 nitrogen and oxygen atoms in total. The van der Waals surface area contributed by atoms with Gasteiger partial charge in [-0.2, -0.15) is 0 Å². The molecule has 0 bridgehead atoms. The van der Waals surface area contributed by atoms with E-state index in [9.17, 15) is 4.79 Å². The number of nitrogens with two attached hydrogens (primary N) is 1. The summed E-state index contributed by atoms with van der Waals surface area (Å²) < 4.78 is 0. The van der Waals surface area contributed by atoms with E-state index >= 15 is 0 Å². The Bertz CT molecular complexity index is 477. The van der Waals surface area contributed by atoms with E-state index in [1.165, 1.54) is 11.1 Å². The van der Waals surface area contributed by atoms with Crippen molar-refractivity contribution in [1.29, 1.82) is 0 Å². The minimum absolute atomic E-state index is 0. The zero-order chi connectivity index (χ0) is 16.1. The molecule has 1 amide bonds. The third-order valence-corrected chi connectivity index (χ3v) is 5.02. The molecular formula is C19H31ClN2O. The summed E-state index contributed by atoms with van der Waals surface area (Å²) in [5.74, 6) is 0.923. The van der Waals surface area contributed by atoms with Crippen LogP contribution in [0.3, 0.4) is 0 Å². The van der Waals surface area contributed by atoms with Crippen molar-refractivity contribution in [3.63, 3.8) is 0 Å². The van der Waals surface area contributed by atoms with Gasteiger partial charge in [-0.3, -0.25) is 4.79 Å². The summed E-state index contributed by atoms with van der Waals surface area (Å²) >= 11 is 0. The number of amides is 1. The first kappa shape index (κ1) is 20.0. The summed E-state index contributed by atoms with van der Waals surface area (Å²) in [5, 5.41) is 0. The maximum absolute atomic E-state index is 12.7. The number of rotatable bonds is 5. The number of carbonyl (C=O) groups excluding carboxylic acids is 1. The van der Waals surface area contributed by atoms with Crippen LogP contribution in [0.2, 0.25) is 0 Å². The highest BCUT2D eigenvalue weighted by atomic mass is 35.5. The second-order valence-corrected chi connectivity index (χ2v) is 7.00. The molecule has 0 heterocycles. The van der Waals surface area contributed by atoms with Gasteiger partial charge in [0.15, 0.2) is 0 Å². The van der Waals surface area contributed by atoms with Crippen molar-refractivity contribution in [2.75, 3.05) is 13.6 Å². The van der Waals surface area contributed by atoms with E-state index in [1.54, 1.807) is 0 Å². The first-order chi connectivity index (χ1) is 10.5. The fourth-order valence-electron chi connectivity index (χ4n) is 3.19. The summed E-state index contributed by atoms with van der Waals surface area (Å²) in [6, 6.07) is 8.77. The Morgan fingerprint density at radius 1 is 1.22 bits per heavy atom. The van der Waals surface area contributed by atoms with Crippen LogP contribution in [0.4, 0.5) is 0 Å². The number of hydrogen-bond acceptors (Lipinski definition) is 2. The molecule has 1 atom stereocenters. The fourth-order valence-corrected chi connectivity index (χ4v) is 3.19. The Morgan fingerprint density at radius 2 is 1.74 bits per heavy atom. The summed E-state index contributed by atoms with van der Waals surface area (Å²) in [7, 11) is 1.92. The summed E-state index contributed by atoms with van der Waals surface area (Å²) in [5.41, 5.74) is 8.93. The highest BCUT2D eigenvalue weighted by Gasteiger charge is 2.25. The van der Waals surface area contributed by atoms with Gasteiger partial charge >= 0.3 is 0 Å². The number of nitrogens with zero attached hydrogens (tertiary/aromatic N) is 1. The number of fused-ring (bicyclic) bond motifs is 1. The smallest absolute Gasteiger partial charge is 0.225 e. The van der Waals surface area contributed by atoms with Crippen molar-refractivity contribution in [1.82, 2.24) is 4.90 Å². The van der Waals surface area contributed by atoms with E-state index in [-0.39, 0.29) is 24.4 Å². The van der Waals surface area contributed by atoms with E-state index < -0.39 is 0 Å². The van der Waals surface area contributed by atoms with Crippen molar-refractivity contribution in [2.45, 2.75) is 52.0 Å². The number of hydrogen-bond donors (Lipinski definition) is 1. The Kier molecular flexibility index (Phi) is 8.07. The van der Waals surface area contributed by atoms with E-state index in [0.717, 1.165) is 38.6 Å². The second kappa shape index (κ2) is 9.29. The van der Waals surface area contributed by atoms with Gasteiger partial charge in [-0.25, -0.2) is 0 Å². The molecule has 4 heteroatoms. The first-order valence-electron chi connectivity index (χ1n) is 8.56. The highest BCUT2D eigenvalue weighted by Crippen LogP contribution is 2.25. The average molecular weight is 339 g/mol. The average Bonchev–Trinajstić information content (AvgIpc) is 2.74. The molecule has 1 aliphatic rings. The van der Waals surface area contributed by atoms with Gasteiger partial charge in [0.1, 0.15) is 0 Å². The SMILES string of the molecule is CC(C)[C@@H](N)CCN(C)C(=O)C1CCc2ccccc2CC1.Cl. The topological polar surface area (TPSA) is 46.3 Å². The lowest BCUT2D eigenvalue weighted by atomic mass is 9.97. The summed E-state index contributed by atoms with van der Waals surface area (Å²) in [4.78, 5) is 14.6. The van der Waals surface area contributed by atoms with Crippen LogP contribution < -0.4 is 5.73 Å². The molecule has 0 aliphatic heterocycles. The predicted octanol–water partition coefficient (Wildman–Crippen LogP) is 3.44. The minimum Gasteiger partial charge on any atom is -0.345 e. The molecule has 0 fully saturated rings. The van der Waals surface area contributed by atoms with Gasteiger partial charge in [0.05, 0.1) is 0 Å². The van der Waals surface area contributed by atoms with Crippen molar-refractivity contribution in [3.05, 3.63) is 35.4 Å². The Labute approximate surface area is 147 Å². The van der Waals surface area contributed by atoms with Gasteiger partial charge in [-0.05, 0) is 49.1 Å². The van der Waals surface area contributed by atoms with Crippen LogP contribution in [0.5, 0.6) is 0 Å². The van der Waals surface area contributed by atoms with Crippen LogP contribution in [0.25, 0.3) is 0 Å². The lowest BCUT2D eigenvalue weighted by molar-refractivity contribution is -0.134. The first-order valence-corrected chi connectivity index (χ1v) is 8.56. The predicted molar refractivity (Wildman–Crippen MR) is 98.9 cm³/mol. The Balaban J connectivity index is 0.00000264. The van der Waals surface area contributed by atoms with Crippen LogP contribution in [0.15, 0.2) is 24.3 Å². The monoisotopic (exact) mass is 338 g/mol. The lowest BCUT2D eigenvalue weighted by Gasteiger charge is -2.25. The van der Waals surface area contributed by atoms with Gasteiger partial charge in [0.2, 0.25) is 5.91 Å². The lowest BCUT2D eigenvalue weighted by Crippen LogP contribution is -2.37. The largest absolute Gasteiger partial charge is 0.345 e. The molecule has 0 radical (unpaired) electrons. The molecule has 0 unspecified atom stereocenters. The fraction of sp³-hybridized carbons (Fsp3) is 0.632. The van der Waals surface area contributed by atoms with Crippen molar-refractivity contribution >= 4 is 18.3 Å². The molecule has 2 N–H and O–H groups in total. The third kappa shape index (κ3) is 5.50. The number of benzene rings is 1. The van der Waals surface area contributed by atoms with Gasteiger partial charge in [0.25, 0.3) is 0 Å². The normalized spacial score (nSPS) is 16.2. The quantitative estimate of drug-likeness (QED) is 0.836. The van der Waals surface area contributed by atoms with Crippen LogP contribution >= 0.6 is 12.4 Å². The molecule has 23 heavy (non-hydrogen) atoms. The van der Waals surface area contributed by atoms with E-state index in [4.69, 9.17) is 5.73 Å². The van der Waals surface area contributed by atoms with Gasteiger partial charge < -0.3 is 10.6 Å². The van der Waals surface area contributed by atoms with E-state index in [1.807, 2.05) is 11.9 Å². The maximum atomic E-state index is 12.7. The second-order valence-electron chi connectivity index (χ2n) is 7.00. The molecule has 1 aromatic rings. The van der Waals surface area contributed by atoms with Crippen molar-refractivity contribution < 1.29 is 4.79 Å². The van der Waals surface area contributed by atoms with Crippen molar-refractivity contribution in [2.24, 2.45) is 17.6 Å². The molecule has 130 valence electrons. The van der Waals surface area contributed by atoms with E-state index in [0.29, 0.717) is 11.8 Å². The number of carbonyl (C=O) groups is 1. The van der Waals surface area contributed by atoms with Gasteiger partial charge in [-0.1, -0.05) is 38.1 Å². The number of halogens is 1.